The molecule has 22 heavy (non-hydrogen) atoms. The van der Waals surface area contributed by atoms with Gasteiger partial charge in [0.25, 0.3) is 5.91 Å². The van der Waals surface area contributed by atoms with Crippen molar-refractivity contribution in [1.29, 1.82) is 0 Å². The molecule has 0 bridgehead atoms. The van der Waals surface area contributed by atoms with Gasteiger partial charge in [0.2, 0.25) is 0 Å². The van der Waals surface area contributed by atoms with E-state index in [1.807, 2.05) is 0 Å². The van der Waals surface area contributed by atoms with E-state index >= 15 is 0 Å². The van der Waals surface area contributed by atoms with Crippen LogP contribution in [0.4, 0.5) is 13.2 Å². The third kappa shape index (κ3) is 3.16. The lowest BCUT2D eigenvalue weighted by Gasteiger charge is -2.06. The summed E-state index contributed by atoms with van der Waals surface area (Å²) >= 11 is 2.80. The molecule has 0 saturated carbocycles. The second-order valence-electron chi connectivity index (χ2n) is 4.73. The van der Waals surface area contributed by atoms with Gasteiger partial charge in [-0.1, -0.05) is 0 Å². The number of nitrogens with zero attached hydrogens (tertiary/aromatic N) is 4. The Labute approximate surface area is 132 Å². The number of hydrogen-bond donors (Lipinski definition) is 1. The second-order valence-corrected chi connectivity index (χ2v) is 5.52. The van der Waals surface area contributed by atoms with E-state index in [1.165, 1.54) is 0 Å². The molecule has 0 aliphatic heterocycles. The minimum absolute atomic E-state index is 0.156. The molecule has 0 aliphatic rings. The summed E-state index contributed by atoms with van der Waals surface area (Å²) in [5, 5.41) is 10.3. The fourth-order valence-corrected chi connectivity index (χ4v) is 2.77. The molecule has 0 aromatic carbocycles. The molecular formula is C12H13BrF3N5O. The summed E-state index contributed by atoms with van der Waals surface area (Å²) in [7, 11) is 2.87. The Balaban J connectivity index is 2.19. The van der Waals surface area contributed by atoms with Crippen LogP contribution < -0.4 is 5.32 Å². The fraction of sp³-hybridized carbons (Fsp3) is 0.417. The maximum atomic E-state index is 12.9. The molecule has 2 aromatic rings. The van der Waals surface area contributed by atoms with Crippen molar-refractivity contribution in [3.63, 3.8) is 0 Å². The maximum absolute atomic E-state index is 12.9. The number of halogens is 4. The van der Waals surface area contributed by atoms with Crippen LogP contribution in [0.1, 0.15) is 27.4 Å². The maximum Gasteiger partial charge on any atom is 0.434 e. The highest BCUT2D eigenvalue weighted by Crippen LogP contribution is 2.36. The first-order chi connectivity index (χ1) is 10.1. The number of alkyl halides is 3. The van der Waals surface area contributed by atoms with Crippen molar-refractivity contribution < 1.29 is 18.0 Å². The molecule has 120 valence electrons. The minimum Gasteiger partial charge on any atom is -0.346 e. The third-order valence-electron chi connectivity index (χ3n) is 3.03. The zero-order valence-corrected chi connectivity index (χ0v) is 13.6. The van der Waals surface area contributed by atoms with Crippen molar-refractivity contribution in [1.82, 2.24) is 24.9 Å². The standard InChI is InChI=1S/C12H13BrF3N5O/c1-6-7(5-20(2)18-6)4-17-11(22)9-8(13)10(12(14,15)16)21(3)19-9/h5H,4H2,1-3H3,(H,17,22). The molecule has 10 heteroatoms. The Morgan fingerprint density at radius 2 is 2.00 bits per heavy atom. The average molecular weight is 380 g/mol. The Bertz CT molecular complexity index is 719. The predicted molar refractivity (Wildman–Crippen MR) is 75.0 cm³/mol. The Morgan fingerprint density at radius 3 is 2.45 bits per heavy atom. The van der Waals surface area contributed by atoms with Gasteiger partial charge in [-0.2, -0.15) is 23.4 Å². The lowest BCUT2D eigenvalue weighted by molar-refractivity contribution is -0.144. The first kappa shape index (κ1) is 16.5. The molecule has 0 unspecified atom stereocenters. The number of aryl methyl sites for hydroxylation is 3. The summed E-state index contributed by atoms with van der Waals surface area (Å²) in [5.74, 6) is -0.693. The van der Waals surface area contributed by atoms with E-state index < -0.39 is 17.8 Å². The smallest absolute Gasteiger partial charge is 0.346 e. The van der Waals surface area contributed by atoms with Crippen molar-refractivity contribution in [3.05, 3.63) is 33.3 Å². The number of rotatable bonds is 3. The molecule has 0 spiro atoms. The highest BCUT2D eigenvalue weighted by molar-refractivity contribution is 9.10. The highest BCUT2D eigenvalue weighted by Gasteiger charge is 2.39. The van der Waals surface area contributed by atoms with Crippen molar-refractivity contribution in [2.75, 3.05) is 0 Å². The fourth-order valence-electron chi connectivity index (χ4n) is 2.03. The molecule has 2 heterocycles. The number of amides is 1. The van der Waals surface area contributed by atoms with Gasteiger partial charge in [0.05, 0.1) is 10.2 Å². The third-order valence-corrected chi connectivity index (χ3v) is 3.78. The van der Waals surface area contributed by atoms with Gasteiger partial charge in [0, 0.05) is 32.4 Å². The van der Waals surface area contributed by atoms with Crippen LogP contribution in [0.3, 0.4) is 0 Å². The number of hydrogen-bond acceptors (Lipinski definition) is 3. The quantitative estimate of drug-likeness (QED) is 0.888. The highest BCUT2D eigenvalue weighted by atomic mass is 79.9. The van der Waals surface area contributed by atoms with Gasteiger partial charge in [0.1, 0.15) is 0 Å². The minimum atomic E-state index is -4.60. The van der Waals surface area contributed by atoms with E-state index in [4.69, 9.17) is 0 Å². The van der Waals surface area contributed by atoms with Crippen LogP contribution in [0.15, 0.2) is 10.7 Å². The van der Waals surface area contributed by atoms with E-state index in [-0.39, 0.29) is 16.7 Å². The van der Waals surface area contributed by atoms with Crippen LogP contribution in [0.2, 0.25) is 0 Å². The molecule has 2 aromatic heterocycles. The van der Waals surface area contributed by atoms with Gasteiger partial charge in [-0.3, -0.25) is 14.2 Å². The summed E-state index contributed by atoms with van der Waals surface area (Å²) in [4.78, 5) is 12.0. The first-order valence-electron chi connectivity index (χ1n) is 6.18. The lowest BCUT2D eigenvalue weighted by atomic mass is 10.2. The lowest BCUT2D eigenvalue weighted by Crippen LogP contribution is -2.24. The van der Waals surface area contributed by atoms with Gasteiger partial charge < -0.3 is 5.32 Å². The summed E-state index contributed by atoms with van der Waals surface area (Å²) in [6.07, 6.45) is -2.87. The van der Waals surface area contributed by atoms with Crippen molar-refractivity contribution in [3.8, 4) is 0 Å². The van der Waals surface area contributed by atoms with Gasteiger partial charge in [-0.15, -0.1) is 0 Å². The molecule has 0 fully saturated rings. The van der Waals surface area contributed by atoms with E-state index in [1.54, 1.807) is 24.9 Å². The zero-order valence-electron chi connectivity index (χ0n) is 12.0. The average Bonchev–Trinajstić information content (AvgIpc) is 2.85. The van der Waals surface area contributed by atoms with Crippen molar-refractivity contribution >= 4 is 21.8 Å². The van der Waals surface area contributed by atoms with Crippen LogP contribution >= 0.6 is 15.9 Å². The summed E-state index contributed by atoms with van der Waals surface area (Å²) in [6, 6.07) is 0. The molecule has 0 atom stereocenters. The largest absolute Gasteiger partial charge is 0.434 e. The molecule has 0 radical (unpaired) electrons. The summed E-state index contributed by atoms with van der Waals surface area (Å²) in [5.41, 5.74) is 0.199. The van der Waals surface area contributed by atoms with Crippen LogP contribution in [0.5, 0.6) is 0 Å². The van der Waals surface area contributed by atoms with E-state index in [9.17, 15) is 18.0 Å². The van der Waals surface area contributed by atoms with Crippen LogP contribution in [0.25, 0.3) is 0 Å². The number of aromatic nitrogens is 4. The molecule has 2 rings (SSSR count). The zero-order chi connectivity index (χ0) is 16.7. The van der Waals surface area contributed by atoms with E-state index in [2.05, 4.69) is 31.4 Å². The SMILES string of the molecule is Cc1nn(C)cc1CNC(=O)c1nn(C)c(C(F)(F)F)c1Br. The van der Waals surface area contributed by atoms with Crippen LogP contribution in [0, 0.1) is 6.92 Å². The number of carbonyl (C=O) groups excluding carboxylic acids is 1. The van der Waals surface area contributed by atoms with Gasteiger partial charge in [-0.25, -0.2) is 0 Å². The number of nitrogens with one attached hydrogen (secondary N) is 1. The molecule has 1 N–H and O–H groups in total. The normalized spacial score (nSPS) is 11.8. The first-order valence-corrected chi connectivity index (χ1v) is 6.97. The molecule has 6 nitrogen and oxygen atoms in total. The second kappa shape index (κ2) is 5.75. The van der Waals surface area contributed by atoms with E-state index in [0.29, 0.717) is 4.68 Å². The van der Waals surface area contributed by atoms with Gasteiger partial charge in [-0.05, 0) is 22.9 Å². The number of carbonyl (C=O) groups is 1. The van der Waals surface area contributed by atoms with Crippen molar-refractivity contribution in [2.45, 2.75) is 19.6 Å². The van der Waals surface area contributed by atoms with Gasteiger partial charge in [0.15, 0.2) is 11.4 Å². The van der Waals surface area contributed by atoms with E-state index in [0.717, 1.165) is 18.3 Å². The summed E-state index contributed by atoms with van der Waals surface area (Å²) < 4.78 is 40.4. The Kier molecular flexibility index (Phi) is 4.32. The molecule has 0 aliphatic carbocycles. The van der Waals surface area contributed by atoms with Crippen molar-refractivity contribution in [2.24, 2.45) is 14.1 Å². The molecular weight excluding hydrogens is 367 g/mol. The van der Waals surface area contributed by atoms with Crippen LogP contribution in [-0.2, 0) is 26.8 Å². The molecule has 0 saturated heterocycles. The predicted octanol–water partition coefficient (Wildman–Crippen LogP) is 2.17. The van der Waals surface area contributed by atoms with Crippen LogP contribution in [-0.4, -0.2) is 25.5 Å². The Morgan fingerprint density at radius 1 is 1.36 bits per heavy atom. The topological polar surface area (TPSA) is 64.7 Å². The monoisotopic (exact) mass is 379 g/mol. The molecule has 1 amide bonds. The van der Waals surface area contributed by atoms with Gasteiger partial charge >= 0.3 is 6.18 Å². The Hall–Kier alpha value is -1.84. The summed E-state index contributed by atoms with van der Waals surface area (Å²) in [6.45, 7) is 1.93.